The first-order valence-electron chi connectivity index (χ1n) is 0.524. The van der Waals surface area contributed by atoms with Gasteiger partial charge in [-0.15, -0.1) is 0 Å². The van der Waals surface area contributed by atoms with Gasteiger partial charge in [0.15, 0.2) is 0 Å². The fraction of sp³-hybridized carbons (Fsp3) is 0. The predicted octanol–water partition coefficient (Wildman–Crippen LogP) is -1.16. The average molecular weight is 558 g/mol. The van der Waals surface area contributed by atoms with Gasteiger partial charge in [0.2, 0.25) is 10.1 Å². The summed E-state index contributed by atoms with van der Waals surface area (Å²) in [6, 6.07) is 0. The molecule has 0 saturated carbocycles. The molecular weight excluding hydrogens is 556 g/mol. The monoisotopic (exact) mass is 561 g/mol. The van der Waals surface area contributed by atoms with Gasteiger partial charge in [-0.05, 0) is 0 Å². The summed E-state index contributed by atoms with van der Waals surface area (Å²) in [6.07, 6.45) is 0. The number of hydrogen-bond donors (Lipinski definition) is 0. The summed E-state index contributed by atoms with van der Waals surface area (Å²) >= 11 is -0.0833. The molecule has 2 nitrogen and oxygen atoms in total. The summed E-state index contributed by atoms with van der Waals surface area (Å²) in [5.74, 6) is 0. The Morgan fingerprint density at radius 3 is 1.00 bits per heavy atom. The van der Waals surface area contributed by atoms with Gasteiger partial charge in [0.05, 0.1) is 0 Å². The number of hydrogen-bond acceptors (Lipinski definition) is 2. The summed E-state index contributed by atoms with van der Waals surface area (Å²) in [7, 11) is 0.611. The number of rotatable bonds is 0. The second-order valence-corrected chi connectivity index (χ2v) is 0. The Hall–Kier alpha value is 2.75. The van der Waals surface area contributed by atoms with E-state index in [-0.39, 0.29) is 85.5 Å². The van der Waals surface area contributed by atoms with Gasteiger partial charge in [0.1, 0.15) is 0 Å². The molecule has 0 bridgehead atoms. The predicted molar refractivity (Wildman–Crippen MR) is 9.92 cm³/mol. The Morgan fingerprint density at radius 1 is 1.00 bits per heavy atom. The molecule has 0 unspecified atom stereocenters. The quantitative estimate of drug-likeness (QED) is 0.352. The molecule has 0 spiro atoms. The first kappa shape index (κ1) is 23.3. The van der Waals surface area contributed by atoms with E-state index in [9.17, 15) is 0 Å². The van der Waals surface area contributed by atoms with Crippen LogP contribution in [0.1, 0.15) is 0 Å². The fourth-order valence-electron chi connectivity index (χ4n) is 0. The van der Waals surface area contributed by atoms with E-state index in [1.165, 1.54) is 0 Å². The summed E-state index contributed by atoms with van der Waals surface area (Å²) in [4.78, 5) is 0. The van der Waals surface area contributed by atoms with Gasteiger partial charge in [0, 0.05) is 51.7 Å². The third-order valence-corrected chi connectivity index (χ3v) is 0. The van der Waals surface area contributed by atoms with Crippen molar-refractivity contribution in [1.29, 1.82) is 0 Å². The third-order valence-electron chi connectivity index (χ3n) is 0. The molecule has 6 heavy (non-hydrogen) atoms. The van der Waals surface area contributed by atoms with Gasteiger partial charge in [-0.1, -0.05) is 0 Å². The van der Waals surface area contributed by atoms with E-state index >= 15 is 0 Å². The van der Waals surface area contributed by atoms with Crippen molar-refractivity contribution in [3.05, 3.63) is 0 Å². The second kappa shape index (κ2) is 46.7. The van der Waals surface area contributed by atoms with Crippen molar-refractivity contribution in [1.82, 2.24) is 0 Å². The van der Waals surface area contributed by atoms with E-state index in [0.717, 1.165) is 0 Å². The van der Waals surface area contributed by atoms with E-state index in [1.807, 2.05) is 0 Å². The molecule has 0 aliphatic carbocycles. The minimum atomic E-state index is -0.0833. The van der Waals surface area contributed by atoms with Crippen LogP contribution >= 0.6 is 0 Å². The van der Waals surface area contributed by atoms with Crippen LogP contribution in [0.2, 0.25) is 0 Å². The van der Waals surface area contributed by atoms with Gasteiger partial charge < -0.3 is 4.46 Å². The molecule has 29 valence electrons. The Morgan fingerprint density at radius 2 is 1.00 bits per heavy atom. The summed E-state index contributed by atoms with van der Waals surface area (Å²) in [5.41, 5.74) is 0. The normalized spacial score (nSPS) is 1.67. The van der Waals surface area contributed by atoms with Crippen LogP contribution in [0.5, 0.6) is 0 Å². The minimum absolute atomic E-state index is 0. The van der Waals surface area contributed by atoms with Crippen LogP contribution in [-0.2, 0) is 57.8 Å². The third kappa shape index (κ3) is 29.5. The van der Waals surface area contributed by atoms with Crippen molar-refractivity contribution in [2.75, 3.05) is 0 Å². The molecule has 0 radical (unpaired) electrons. The average Bonchev–Trinajstić information content (AvgIpc) is 1.50. The zero-order valence-electron chi connectivity index (χ0n) is 3.10. The Bertz CT molecular complexity index is 13.5. The molecule has 0 heterocycles. The van der Waals surface area contributed by atoms with Crippen LogP contribution in [0.4, 0.5) is 0 Å². The molecule has 0 fully saturated rings. The Labute approximate surface area is 99.6 Å². The zero-order valence-corrected chi connectivity index (χ0v) is 15.3. The van der Waals surface area contributed by atoms with Crippen LogP contribution in [0.25, 0.3) is 0 Å². The van der Waals surface area contributed by atoms with Crippen molar-refractivity contribution in [3.8, 4) is 0 Å². The van der Waals surface area contributed by atoms with Crippen LogP contribution in [0.3, 0.4) is 0 Å². The van der Waals surface area contributed by atoms with E-state index in [0.29, 0.717) is 10.1 Å². The van der Waals surface area contributed by atoms with Gasteiger partial charge in [-0.3, -0.25) is 0 Å². The van der Waals surface area contributed by atoms with E-state index < -0.39 is 0 Å². The van der Waals surface area contributed by atoms with Crippen molar-refractivity contribution < 1.29 is 91.7 Å². The van der Waals surface area contributed by atoms with Gasteiger partial charge in [-0.2, -0.15) is 0 Å². The first-order valence-corrected chi connectivity index (χ1v) is 2.58. The standard InChI is InChI=1S/2Hf.La.H2OSi.O/c;;;1-2;/h;;;2H2;. The zero-order chi connectivity index (χ0) is 4.00. The second-order valence-electron chi connectivity index (χ2n) is 0. The maximum atomic E-state index is 8.42. The molecule has 0 aromatic heterocycles. The van der Waals surface area contributed by atoms with Gasteiger partial charge >= 0.3 is 35.5 Å². The molecule has 0 aromatic rings. The fourth-order valence-corrected chi connectivity index (χ4v) is 0. The van der Waals surface area contributed by atoms with Crippen LogP contribution in [0, 0.1) is 33.8 Å². The van der Waals surface area contributed by atoms with Gasteiger partial charge in [0.25, 0.3) is 0 Å². The molecule has 0 N–H and O–H groups in total. The summed E-state index contributed by atoms with van der Waals surface area (Å²) < 4.78 is 16.7. The van der Waals surface area contributed by atoms with Crippen LogP contribution < -0.4 is 0 Å². The molecule has 0 amide bonds. The first-order chi connectivity index (χ1) is 2.00. The van der Waals surface area contributed by atoms with Crippen molar-refractivity contribution in [2.24, 2.45) is 0 Å². The van der Waals surface area contributed by atoms with Crippen molar-refractivity contribution >= 4 is 10.1 Å². The summed E-state index contributed by atoms with van der Waals surface area (Å²) in [5, 5.41) is 0. The SMILES string of the molecule is O=[SiH2].[Hf].[Hf].[O]=[La]. The molecule has 0 aliphatic heterocycles. The topological polar surface area (TPSA) is 34.1 Å². The Balaban J connectivity index is -0.00000000500. The molecule has 0 saturated heterocycles. The van der Waals surface area contributed by atoms with Crippen LogP contribution in [-0.4, -0.2) is 10.1 Å². The Kier molecular flexibility index (Phi) is 181. The van der Waals surface area contributed by atoms with E-state index in [4.69, 9.17) is 6.16 Å². The van der Waals surface area contributed by atoms with Crippen LogP contribution in [0.15, 0.2) is 0 Å². The van der Waals surface area contributed by atoms with Crippen molar-refractivity contribution in [2.45, 2.75) is 0 Å². The molecular formula is H2Hf2LaO2Si. The van der Waals surface area contributed by atoms with Gasteiger partial charge in [-0.25, -0.2) is 0 Å². The van der Waals surface area contributed by atoms with Crippen molar-refractivity contribution in [3.63, 3.8) is 0 Å². The maximum absolute atomic E-state index is 8.42. The molecule has 6 heteroatoms. The molecule has 0 aliphatic rings. The molecule has 0 atom stereocenters. The molecule has 0 aromatic carbocycles. The van der Waals surface area contributed by atoms with E-state index in [2.05, 4.69) is 0 Å². The summed E-state index contributed by atoms with van der Waals surface area (Å²) in [6.45, 7) is 0. The van der Waals surface area contributed by atoms with E-state index in [1.54, 1.807) is 0 Å². The molecule has 0 rings (SSSR count).